The van der Waals surface area contributed by atoms with Gasteiger partial charge in [-0.1, -0.05) is 78.9 Å². The highest BCUT2D eigenvalue weighted by molar-refractivity contribution is 5.91. The fraction of sp³-hybridized carbons (Fsp3) is 0.250. The largest absolute Gasteiger partial charge is 0.481 e. The number of benzene rings is 3. The Kier molecular flexibility index (Phi) is 6.87. The number of carbonyl (C=O) groups is 3. The quantitative estimate of drug-likeness (QED) is 0.508. The number of carboxylic acids is 1. The lowest BCUT2D eigenvalue weighted by Gasteiger charge is -2.33. The number of hydrogen-bond acceptors (Lipinski definition) is 4. The molecule has 180 valence electrons. The van der Waals surface area contributed by atoms with Crippen molar-refractivity contribution in [3.8, 4) is 11.1 Å². The number of amides is 2. The zero-order valence-electron chi connectivity index (χ0n) is 19.7. The molecule has 0 heterocycles. The molecule has 3 aromatic carbocycles. The van der Waals surface area contributed by atoms with Crippen LogP contribution in [0.4, 0.5) is 4.79 Å². The lowest BCUT2D eigenvalue weighted by Crippen LogP contribution is -2.55. The summed E-state index contributed by atoms with van der Waals surface area (Å²) >= 11 is 0. The first-order valence-electron chi connectivity index (χ1n) is 11.5. The van der Waals surface area contributed by atoms with Crippen molar-refractivity contribution in [3.05, 3.63) is 95.6 Å². The van der Waals surface area contributed by atoms with Crippen LogP contribution < -0.4 is 5.32 Å². The van der Waals surface area contributed by atoms with Gasteiger partial charge in [-0.15, -0.1) is 0 Å². The maximum atomic E-state index is 13.4. The first kappa shape index (κ1) is 24.0. The summed E-state index contributed by atoms with van der Waals surface area (Å²) in [6.45, 7) is 1.74. The molecule has 0 aliphatic heterocycles. The van der Waals surface area contributed by atoms with Crippen LogP contribution in [0.2, 0.25) is 0 Å². The van der Waals surface area contributed by atoms with E-state index in [1.807, 2.05) is 42.5 Å². The summed E-state index contributed by atoms with van der Waals surface area (Å²) in [5.74, 6) is -1.54. The van der Waals surface area contributed by atoms with E-state index in [-0.39, 0.29) is 25.5 Å². The first-order valence-corrected chi connectivity index (χ1v) is 11.5. The average molecular weight is 473 g/mol. The normalized spacial score (nSPS) is 13.8. The van der Waals surface area contributed by atoms with Crippen LogP contribution in [0.5, 0.6) is 0 Å². The molecule has 0 saturated heterocycles. The highest BCUT2D eigenvalue weighted by Gasteiger charge is 2.40. The van der Waals surface area contributed by atoms with Gasteiger partial charge in [0.2, 0.25) is 0 Å². The maximum absolute atomic E-state index is 13.4. The van der Waals surface area contributed by atoms with Crippen LogP contribution in [0, 0.1) is 0 Å². The van der Waals surface area contributed by atoms with Gasteiger partial charge in [-0.3, -0.25) is 9.59 Å². The third-order valence-electron chi connectivity index (χ3n) is 6.48. The number of carbonyl (C=O) groups excluding carboxylic acids is 2. The van der Waals surface area contributed by atoms with Crippen LogP contribution in [0.3, 0.4) is 0 Å². The molecule has 1 aliphatic rings. The summed E-state index contributed by atoms with van der Waals surface area (Å²) in [6.07, 6.45) is -0.920. The van der Waals surface area contributed by atoms with Crippen molar-refractivity contribution in [2.75, 3.05) is 20.2 Å². The molecule has 1 unspecified atom stereocenters. The molecule has 0 radical (unpaired) electrons. The van der Waals surface area contributed by atoms with Gasteiger partial charge in [-0.25, -0.2) is 4.79 Å². The summed E-state index contributed by atoms with van der Waals surface area (Å²) in [7, 11) is 1.52. The van der Waals surface area contributed by atoms with Gasteiger partial charge in [0.25, 0.3) is 5.91 Å². The van der Waals surface area contributed by atoms with Crippen molar-refractivity contribution in [3.63, 3.8) is 0 Å². The molecule has 1 aliphatic carbocycles. The Balaban J connectivity index is 1.52. The topological polar surface area (TPSA) is 95.9 Å². The molecule has 3 aromatic rings. The van der Waals surface area contributed by atoms with Gasteiger partial charge in [-0.05, 0) is 34.7 Å². The van der Waals surface area contributed by atoms with Gasteiger partial charge < -0.3 is 20.1 Å². The average Bonchev–Trinajstić information content (AvgIpc) is 3.19. The number of likely N-dealkylation sites (N-methyl/N-ethyl adjacent to an activating group) is 1. The molecular weight excluding hydrogens is 444 g/mol. The molecule has 7 heteroatoms. The van der Waals surface area contributed by atoms with E-state index in [0.717, 1.165) is 22.3 Å². The second-order valence-electron chi connectivity index (χ2n) is 8.81. The zero-order chi connectivity index (χ0) is 25.0. The van der Waals surface area contributed by atoms with E-state index >= 15 is 0 Å². The molecule has 0 saturated carbocycles. The number of nitrogens with zero attached hydrogens (tertiary/aromatic N) is 1. The van der Waals surface area contributed by atoms with Crippen molar-refractivity contribution in [2.45, 2.75) is 24.8 Å². The number of fused-ring (bicyclic) bond motifs is 3. The monoisotopic (exact) mass is 472 g/mol. The van der Waals surface area contributed by atoms with Crippen molar-refractivity contribution in [2.24, 2.45) is 0 Å². The lowest BCUT2D eigenvalue weighted by atomic mass is 9.90. The van der Waals surface area contributed by atoms with Crippen molar-refractivity contribution >= 4 is 18.0 Å². The van der Waals surface area contributed by atoms with Crippen molar-refractivity contribution < 1.29 is 24.2 Å². The van der Waals surface area contributed by atoms with E-state index in [4.69, 9.17) is 9.84 Å². The minimum absolute atomic E-state index is 0.0168. The van der Waals surface area contributed by atoms with E-state index in [9.17, 15) is 14.4 Å². The number of rotatable bonds is 8. The third-order valence-corrected chi connectivity index (χ3v) is 6.48. The SMILES string of the molecule is CN(CCC(=O)O)C(=O)C(C)(NC(=O)OCC1c2ccccc2-c2ccccc21)c1ccccc1. The Bertz CT molecular complexity index is 1200. The second kappa shape index (κ2) is 10.0. The third kappa shape index (κ3) is 4.89. The Hall–Kier alpha value is -4.13. The Morgan fingerprint density at radius 2 is 1.46 bits per heavy atom. The Labute approximate surface area is 204 Å². The minimum Gasteiger partial charge on any atom is -0.481 e. The van der Waals surface area contributed by atoms with E-state index in [1.54, 1.807) is 31.2 Å². The van der Waals surface area contributed by atoms with E-state index in [1.165, 1.54) is 11.9 Å². The van der Waals surface area contributed by atoms with Crippen LogP contribution >= 0.6 is 0 Å². The number of alkyl carbamates (subject to hydrolysis) is 1. The molecule has 0 aromatic heterocycles. The van der Waals surface area contributed by atoms with Gasteiger partial charge in [0.05, 0.1) is 6.42 Å². The van der Waals surface area contributed by atoms with Crippen molar-refractivity contribution in [1.29, 1.82) is 0 Å². The molecule has 0 bridgehead atoms. The summed E-state index contributed by atoms with van der Waals surface area (Å²) in [5.41, 5.74) is 3.58. The molecule has 7 nitrogen and oxygen atoms in total. The Morgan fingerprint density at radius 1 is 0.914 bits per heavy atom. The van der Waals surface area contributed by atoms with Crippen molar-refractivity contribution in [1.82, 2.24) is 10.2 Å². The van der Waals surface area contributed by atoms with Gasteiger partial charge in [0, 0.05) is 19.5 Å². The maximum Gasteiger partial charge on any atom is 0.408 e. The van der Waals surface area contributed by atoms with Gasteiger partial charge in [-0.2, -0.15) is 0 Å². The predicted octanol–water partition coefficient (Wildman–Crippen LogP) is 4.37. The number of nitrogens with one attached hydrogen (secondary N) is 1. The fourth-order valence-electron chi connectivity index (χ4n) is 4.61. The number of aliphatic carboxylic acids is 1. The van der Waals surface area contributed by atoms with Gasteiger partial charge >= 0.3 is 12.1 Å². The number of hydrogen-bond donors (Lipinski definition) is 2. The van der Waals surface area contributed by atoms with Crippen LogP contribution in [0.15, 0.2) is 78.9 Å². The van der Waals surface area contributed by atoms with Crippen LogP contribution in [0.1, 0.15) is 36.0 Å². The molecule has 4 rings (SSSR count). The Morgan fingerprint density at radius 3 is 2.03 bits per heavy atom. The minimum atomic E-state index is -1.43. The first-order chi connectivity index (χ1) is 16.8. The van der Waals surface area contributed by atoms with Crippen LogP contribution in [-0.4, -0.2) is 48.2 Å². The smallest absolute Gasteiger partial charge is 0.408 e. The number of carboxylic acid groups (broad SMARTS) is 1. The van der Waals surface area contributed by atoms with E-state index in [2.05, 4.69) is 17.4 Å². The fourth-order valence-corrected chi connectivity index (χ4v) is 4.61. The van der Waals surface area contributed by atoms with Gasteiger partial charge in [0.15, 0.2) is 0 Å². The molecular formula is C28H28N2O5. The molecule has 35 heavy (non-hydrogen) atoms. The highest BCUT2D eigenvalue weighted by atomic mass is 16.5. The lowest BCUT2D eigenvalue weighted by molar-refractivity contribution is -0.140. The van der Waals surface area contributed by atoms with E-state index < -0.39 is 23.5 Å². The van der Waals surface area contributed by atoms with Gasteiger partial charge in [0.1, 0.15) is 12.1 Å². The molecule has 1 atom stereocenters. The van der Waals surface area contributed by atoms with E-state index in [0.29, 0.717) is 5.56 Å². The zero-order valence-corrected chi connectivity index (χ0v) is 19.7. The van der Waals surface area contributed by atoms with Crippen LogP contribution in [-0.2, 0) is 19.9 Å². The summed E-state index contributed by atoms with van der Waals surface area (Å²) in [4.78, 5) is 38.7. The molecule has 0 fully saturated rings. The van der Waals surface area contributed by atoms with Crippen LogP contribution in [0.25, 0.3) is 11.1 Å². The highest BCUT2D eigenvalue weighted by Crippen LogP contribution is 2.44. The number of ether oxygens (including phenoxy) is 1. The molecule has 0 spiro atoms. The second-order valence-corrected chi connectivity index (χ2v) is 8.81. The standard InChI is InChI=1S/C28H28N2O5/c1-28(19-10-4-3-5-11-19,26(33)30(2)17-16-25(31)32)29-27(34)35-18-24-22-14-8-6-12-20(22)21-13-7-9-15-23(21)24/h3-15,24H,16-18H2,1-2H3,(H,29,34)(H,31,32). The summed E-state index contributed by atoms with van der Waals surface area (Å²) < 4.78 is 5.67. The summed E-state index contributed by atoms with van der Waals surface area (Å²) in [5, 5.41) is 11.7. The molecule has 2 amide bonds. The molecule has 2 N–H and O–H groups in total. The summed E-state index contributed by atoms with van der Waals surface area (Å²) in [6, 6.07) is 25.0. The predicted molar refractivity (Wildman–Crippen MR) is 132 cm³/mol.